The molecule has 0 radical (unpaired) electrons. The smallest absolute Gasteiger partial charge is 0.417 e. The second kappa shape index (κ2) is 20.1. The molecule has 0 aliphatic carbocycles. The van der Waals surface area contributed by atoms with Crippen molar-refractivity contribution in [2.45, 2.75) is 40.5 Å². The van der Waals surface area contributed by atoms with Crippen LogP contribution in [0.1, 0.15) is 65.8 Å². The van der Waals surface area contributed by atoms with Crippen molar-refractivity contribution < 1.29 is 56.7 Å². The van der Waals surface area contributed by atoms with Gasteiger partial charge >= 0.3 is 24.1 Å². The molecule has 0 bridgehead atoms. The molecule has 6 aromatic rings. The van der Waals surface area contributed by atoms with Crippen molar-refractivity contribution in [1.82, 2.24) is 0 Å². The molecule has 0 saturated heterocycles. The second-order valence-corrected chi connectivity index (χ2v) is 13.2. The van der Waals surface area contributed by atoms with Crippen molar-refractivity contribution in [1.29, 1.82) is 0 Å². The van der Waals surface area contributed by atoms with Crippen LogP contribution in [0, 0.1) is 26.6 Å². The number of aryl methyl sites for hydroxylation is 2. The number of alkyl halides is 3. The number of benzene rings is 6. The number of carboxylic acid groups (broad SMARTS) is 3. The summed E-state index contributed by atoms with van der Waals surface area (Å²) in [7, 11) is 1.54. The molecule has 306 valence electrons. The highest BCUT2D eigenvalue weighted by atomic mass is 19.4. The van der Waals surface area contributed by atoms with Gasteiger partial charge < -0.3 is 24.8 Å². The number of ether oxygens (including phenoxy) is 2. The molecule has 0 unspecified atom stereocenters. The summed E-state index contributed by atoms with van der Waals surface area (Å²) in [4.78, 5) is 32.9. The van der Waals surface area contributed by atoms with Gasteiger partial charge in [-0.2, -0.15) is 13.2 Å². The highest BCUT2D eigenvalue weighted by molar-refractivity contribution is 5.91. The fourth-order valence-electron chi connectivity index (χ4n) is 6.26. The third kappa shape index (κ3) is 11.4. The van der Waals surface area contributed by atoms with Gasteiger partial charge in [-0.05, 0) is 132 Å². The normalized spacial score (nSPS) is 10.7. The van der Waals surface area contributed by atoms with Gasteiger partial charge in [0.1, 0.15) is 11.6 Å². The van der Waals surface area contributed by atoms with E-state index in [0.29, 0.717) is 11.1 Å². The standard InChI is InChI=1S/C16H13F3O3.C16H15FO3.C15H14O2/c1-2-22-14-9-10(15(20)21)7-8-12(14)11-5-3-4-6-13(11)16(17,18)19;1-10-13(4-3-5-15(10)17)14-7-6-11(16(18)19)8-12(14)9-20-2;1-10-5-3-4-6-13(10)14-8-7-12(15(16)17)9-11(14)2/h3-9H,2H2,1H3,(H,20,21);3-8H,9H2,1-2H3,(H,18,19);3-9H,1-2H3,(H,16,17). The molecule has 0 aliphatic heterocycles. The van der Waals surface area contributed by atoms with Crippen molar-refractivity contribution in [3.63, 3.8) is 0 Å². The molecule has 3 N–H and O–H groups in total. The van der Waals surface area contributed by atoms with E-state index in [-0.39, 0.29) is 47.0 Å². The summed E-state index contributed by atoms with van der Waals surface area (Å²) in [5.41, 5.74) is 7.06. The first-order valence-corrected chi connectivity index (χ1v) is 18.2. The van der Waals surface area contributed by atoms with Crippen LogP contribution in [0.15, 0.2) is 121 Å². The maximum absolute atomic E-state index is 13.7. The third-order valence-corrected chi connectivity index (χ3v) is 9.17. The van der Waals surface area contributed by atoms with Gasteiger partial charge in [0.05, 0.1) is 35.5 Å². The van der Waals surface area contributed by atoms with Crippen LogP contribution in [-0.4, -0.2) is 46.9 Å². The summed E-state index contributed by atoms with van der Waals surface area (Å²) in [6.07, 6.45) is -4.51. The molecular weight excluding hydrogens is 769 g/mol. The Kier molecular flexibility index (Phi) is 15.3. The lowest BCUT2D eigenvalue weighted by Crippen LogP contribution is -2.08. The van der Waals surface area contributed by atoms with Crippen molar-refractivity contribution in [3.8, 4) is 39.1 Å². The lowest BCUT2D eigenvalue weighted by Gasteiger charge is -2.16. The first kappa shape index (κ1) is 44.9. The van der Waals surface area contributed by atoms with Gasteiger partial charge in [-0.15, -0.1) is 0 Å². The zero-order chi connectivity index (χ0) is 43.4. The van der Waals surface area contributed by atoms with Crippen molar-refractivity contribution in [3.05, 3.63) is 172 Å². The minimum atomic E-state index is -4.51. The second-order valence-electron chi connectivity index (χ2n) is 13.2. The highest BCUT2D eigenvalue weighted by Gasteiger charge is 2.34. The first-order chi connectivity index (χ1) is 28.0. The van der Waals surface area contributed by atoms with Crippen LogP contribution in [0.2, 0.25) is 0 Å². The minimum Gasteiger partial charge on any atom is -0.493 e. The molecule has 0 aromatic heterocycles. The van der Waals surface area contributed by atoms with E-state index in [4.69, 9.17) is 24.8 Å². The van der Waals surface area contributed by atoms with Crippen LogP contribution in [0.5, 0.6) is 5.75 Å². The Balaban J connectivity index is 0.000000197. The maximum Gasteiger partial charge on any atom is 0.417 e. The van der Waals surface area contributed by atoms with Gasteiger partial charge in [0.2, 0.25) is 0 Å². The molecule has 0 saturated carbocycles. The summed E-state index contributed by atoms with van der Waals surface area (Å²) in [5.74, 6) is -3.22. The molecule has 0 aliphatic rings. The molecule has 0 fully saturated rings. The topological polar surface area (TPSA) is 130 Å². The molecule has 0 amide bonds. The number of rotatable bonds is 10. The van der Waals surface area contributed by atoms with E-state index in [1.165, 1.54) is 61.2 Å². The quantitative estimate of drug-likeness (QED) is 0.117. The minimum absolute atomic E-state index is 0.0447. The Bertz CT molecular complexity index is 2460. The van der Waals surface area contributed by atoms with E-state index in [0.717, 1.165) is 39.4 Å². The number of hydrogen-bond acceptors (Lipinski definition) is 5. The zero-order valence-electron chi connectivity index (χ0n) is 32.9. The fraction of sp³-hybridized carbons (Fsp3) is 0.170. The molecular formula is C47H42F4O8. The Morgan fingerprint density at radius 2 is 1.08 bits per heavy atom. The summed E-state index contributed by atoms with van der Waals surface area (Å²) in [6, 6.07) is 31.9. The van der Waals surface area contributed by atoms with Crippen LogP contribution in [0.25, 0.3) is 33.4 Å². The van der Waals surface area contributed by atoms with E-state index in [2.05, 4.69) is 19.1 Å². The predicted molar refractivity (Wildman–Crippen MR) is 218 cm³/mol. The highest BCUT2D eigenvalue weighted by Crippen LogP contribution is 2.40. The molecule has 12 heteroatoms. The summed E-state index contributed by atoms with van der Waals surface area (Å²) in [5, 5.41) is 26.9. The summed E-state index contributed by atoms with van der Waals surface area (Å²) >= 11 is 0. The van der Waals surface area contributed by atoms with Crippen molar-refractivity contribution >= 4 is 17.9 Å². The lowest BCUT2D eigenvalue weighted by molar-refractivity contribution is -0.137. The molecule has 8 nitrogen and oxygen atoms in total. The number of carboxylic acids is 3. The number of halogens is 4. The average molecular weight is 811 g/mol. The van der Waals surface area contributed by atoms with Crippen LogP contribution < -0.4 is 4.74 Å². The Labute approximate surface area is 338 Å². The molecule has 0 heterocycles. The SMILES string of the molecule is CCOc1cc(C(=O)O)ccc1-c1ccccc1C(F)(F)F.COCc1cc(C(=O)O)ccc1-c1cccc(F)c1C.Cc1ccccc1-c1ccc(C(=O)O)cc1C. The zero-order valence-corrected chi connectivity index (χ0v) is 32.9. The number of carbonyl (C=O) groups is 3. The molecule has 6 aromatic carbocycles. The molecule has 6 rings (SSSR count). The van der Waals surface area contributed by atoms with Crippen LogP contribution in [0.3, 0.4) is 0 Å². The van der Waals surface area contributed by atoms with Crippen LogP contribution in [0.4, 0.5) is 17.6 Å². The maximum atomic E-state index is 13.7. The van der Waals surface area contributed by atoms with Crippen LogP contribution >= 0.6 is 0 Å². The fourth-order valence-corrected chi connectivity index (χ4v) is 6.26. The lowest BCUT2D eigenvalue weighted by atomic mass is 9.94. The van der Waals surface area contributed by atoms with Gasteiger partial charge in [-0.25, -0.2) is 18.8 Å². The third-order valence-electron chi connectivity index (χ3n) is 9.17. The van der Waals surface area contributed by atoms with Crippen LogP contribution in [-0.2, 0) is 17.5 Å². The Morgan fingerprint density at radius 3 is 1.64 bits per heavy atom. The molecule has 59 heavy (non-hydrogen) atoms. The Hall–Kier alpha value is -6.79. The van der Waals surface area contributed by atoms with E-state index in [1.54, 1.807) is 44.2 Å². The van der Waals surface area contributed by atoms with E-state index in [1.807, 2.05) is 31.2 Å². The number of hydrogen-bond donors (Lipinski definition) is 3. The van der Waals surface area contributed by atoms with Crippen molar-refractivity contribution in [2.75, 3.05) is 13.7 Å². The van der Waals surface area contributed by atoms with E-state index < -0.39 is 29.6 Å². The monoisotopic (exact) mass is 810 g/mol. The molecule has 0 spiro atoms. The van der Waals surface area contributed by atoms with Gasteiger partial charge in [0.25, 0.3) is 0 Å². The number of aromatic carboxylic acids is 3. The number of methoxy groups -OCH3 is 1. The first-order valence-electron chi connectivity index (χ1n) is 18.2. The average Bonchev–Trinajstić information content (AvgIpc) is 3.20. The molecule has 0 atom stereocenters. The van der Waals surface area contributed by atoms with Gasteiger partial charge in [-0.3, -0.25) is 0 Å². The summed E-state index contributed by atoms with van der Waals surface area (Å²) < 4.78 is 63.5. The largest absolute Gasteiger partial charge is 0.493 e. The van der Waals surface area contributed by atoms with Gasteiger partial charge in [0, 0.05) is 12.7 Å². The predicted octanol–water partition coefficient (Wildman–Crippen LogP) is 11.8. The van der Waals surface area contributed by atoms with Gasteiger partial charge in [0.15, 0.2) is 0 Å². The van der Waals surface area contributed by atoms with E-state index >= 15 is 0 Å². The van der Waals surface area contributed by atoms with Crippen molar-refractivity contribution in [2.24, 2.45) is 0 Å². The van der Waals surface area contributed by atoms with E-state index in [9.17, 15) is 31.9 Å². The van der Waals surface area contributed by atoms with Gasteiger partial charge in [-0.1, -0.05) is 66.7 Å². The Morgan fingerprint density at radius 1 is 0.576 bits per heavy atom. The summed E-state index contributed by atoms with van der Waals surface area (Å²) in [6.45, 7) is 7.85.